The third-order valence-corrected chi connectivity index (χ3v) is 1.33. The molecule has 1 rings (SSSR count). The first-order valence-electron chi connectivity index (χ1n) is 3.65. The van der Waals surface area contributed by atoms with Crippen LogP contribution in [0, 0.1) is 0 Å². The first-order valence-corrected chi connectivity index (χ1v) is 4.79. The Bertz CT molecular complexity index is 342. The van der Waals surface area contributed by atoms with Gasteiger partial charge < -0.3 is 0 Å². The Morgan fingerprint density at radius 3 is 2.00 bits per heavy atom. The quantitative estimate of drug-likeness (QED) is 0.339. The summed E-state index contributed by atoms with van der Waals surface area (Å²) in [6.07, 6.45) is 1.69. The number of hydrogen-bond donors (Lipinski definition) is 0. The summed E-state index contributed by atoms with van der Waals surface area (Å²) in [5.41, 5.74) is 0.646. The number of alkyl halides is 3. The second kappa shape index (κ2) is 7.43. The van der Waals surface area contributed by atoms with Crippen LogP contribution in [-0.2, 0) is 9.59 Å². The van der Waals surface area contributed by atoms with Crippen LogP contribution in [0.5, 0.6) is 0 Å². The number of benzene rings is 1. The summed E-state index contributed by atoms with van der Waals surface area (Å²) in [6, 6.07) is 8.98. The Morgan fingerprint density at radius 2 is 1.67 bits per heavy atom. The molecule has 0 aromatic heterocycles. The zero-order valence-electron chi connectivity index (χ0n) is 7.36. The van der Waals surface area contributed by atoms with Crippen molar-refractivity contribution in [2.75, 3.05) is 0 Å². The molecular formula is C9H6Cl3NO2. The molecule has 0 aliphatic carbocycles. The standard InChI is InChI=1S/C7H5NO.C2HCl3O/c9-6-8-7-4-2-1-3-5-7;3-2(4,5)1-6/h1-5H;1H. The second-order valence-electron chi connectivity index (χ2n) is 2.20. The maximum absolute atomic E-state index is 9.68. The summed E-state index contributed by atoms with van der Waals surface area (Å²) < 4.78 is -1.72. The SMILES string of the molecule is O=C=Nc1ccccc1.O=CC(Cl)(Cl)Cl. The van der Waals surface area contributed by atoms with Gasteiger partial charge in [-0.15, -0.1) is 0 Å². The minimum atomic E-state index is -1.72. The highest BCUT2D eigenvalue weighted by Gasteiger charge is 2.16. The van der Waals surface area contributed by atoms with Gasteiger partial charge in [-0.05, 0) is 12.1 Å². The van der Waals surface area contributed by atoms with E-state index in [2.05, 4.69) is 4.99 Å². The first-order chi connectivity index (χ1) is 6.99. The van der Waals surface area contributed by atoms with Crippen LogP contribution >= 0.6 is 34.8 Å². The number of carbonyl (C=O) groups excluding carboxylic acids is 2. The molecule has 0 radical (unpaired) electrons. The van der Waals surface area contributed by atoms with Crippen molar-refractivity contribution in [1.82, 2.24) is 0 Å². The van der Waals surface area contributed by atoms with Gasteiger partial charge in [-0.25, -0.2) is 4.79 Å². The summed E-state index contributed by atoms with van der Waals surface area (Å²) in [6.45, 7) is 0. The van der Waals surface area contributed by atoms with E-state index in [0.29, 0.717) is 5.69 Å². The Kier molecular flexibility index (Phi) is 7.01. The number of isocyanates is 1. The van der Waals surface area contributed by atoms with E-state index in [4.69, 9.17) is 34.8 Å². The van der Waals surface area contributed by atoms with Crippen LogP contribution in [0.15, 0.2) is 35.3 Å². The molecule has 0 atom stereocenters. The fourth-order valence-corrected chi connectivity index (χ4v) is 0.555. The number of rotatable bonds is 1. The molecule has 0 unspecified atom stereocenters. The van der Waals surface area contributed by atoms with E-state index >= 15 is 0 Å². The molecule has 80 valence electrons. The molecule has 0 bridgehead atoms. The van der Waals surface area contributed by atoms with Crippen molar-refractivity contribution >= 4 is 52.9 Å². The predicted octanol–water partition coefficient (Wildman–Crippen LogP) is 3.21. The van der Waals surface area contributed by atoms with Gasteiger partial charge in [0.2, 0.25) is 9.87 Å². The molecule has 6 heteroatoms. The molecule has 0 N–H and O–H groups in total. The Hall–Kier alpha value is -0.860. The molecule has 3 nitrogen and oxygen atoms in total. The van der Waals surface area contributed by atoms with Crippen LogP contribution in [0.3, 0.4) is 0 Å². The van der Waals surface area contributed by atoms with Crippen LogP contribution in [0.1, 0.15) is 0 Å². The smallest absolute Gasteiger partial charge is 0.245 e. The van der Waals surface area contributed by atoms with Crippen molar-refractivity contribution in [3.05, 3.63) is 30.3 Å². The third-order valence-electron chi connectivity index (χ3n) is 1.06. The van der Waals surface area contributed by atoms with Gasteiger partial charge in [-0.1, -0.05) is 53.0 Å². The van der Waals surface area contributed by atoms with Crippen LogP contribution in [0.2, 0.25) is 0 Å². The number of aldehydes is 1. The van der Waals surface area contributed by atoms with Gasteiger partial charge in [0, 0.05) is 0 Å². The highest BCUT2D eigenvalue weighted by Crippen LogP contribution is 2.21. The lowest BCUT2D eigenvalue weighted by atomic mass is 10.3. The average molecular weight is 267 g/mol. The minimum absolute atomic E-state index is 0.234. The van der Waals surface area contributed by atoms with E-state index in [1.165, 1.54) is 6.08 Å². The van der Waals surface area contributed by atoms with Crippen LogP contribution in [-0.4, -0.2) is 16.2 Å². The molecule has 0 aliphatic rings. The Balaban J connectivity index is 0.000000288. The fourth-order valence-electron chi connectivity index (χ4n) is 0.555. The van der Waals surface area contributed by atoms with Crippen molar-refractivity contribution in [2.24, 2.45) is 4.99 Å². The number of para-hydroxylation sites is 1. The number of halogens is 3. The molecular weight excluding hydrogens is 260 g/mol. The predicted molar refractivity (Wildman–Crippen MR) is 60.6 cm³/mol. The Labute approximate surface area is 102 Å². The summed E-state index contributed by atoms with van der Waals surface area (Å²) >= 11 is 14.6. The molecule has 1 aromatic carbocycles. The molecule has 1 aromatic rings. The summed E-state index contributed by atoms with van der Waals surface area (Å²) in [7, 11) is 0. The third kappa shape index (κ3) is 9.44. The molecule has 0 heterocycles. The van der Waals surface area contributed by atoms with Gasteiger partial charge in [0.05, 0.1) is 5.69 Å². The molecule has 0 spiro atoms. The number of aliphatic imine (C=N–C) groups is 1. The number of nitrogens with zero attached hydrogens (tertiary/aromatic N) is 1. The van der Waals surface area contributed by atoms with Crippen molar-refractivity contribution in [3.8, 4) is 0 Å². The summed E-state index contributed by atoms with van der Waals surface area (Å²) in [5, 5.41) is 0. The molecule has 0 fully saturated rings. The van der Waals surface area contributed by atoms with Gasteiger partial charge in [0.15, 0.2) is 6.29 Å². The largest absolute Gasteiger partial charge is 0.299 e. The highest BCUT2D eigenvalue weighted by molar-refractivity contribution is 6.74. The van der Waals surface area contributed by atoms with E-state index in [9.17, 15) is 9.59 Å². The lowest BCUT2D eigenvalue weighted by Crippen LogP contribution is -2.00. The average Bonchev–Trinajstić information content (AvgIpc) is 2.20. The van der Waals surface area contributed by atoms with Crippen molar-refractivity contribution in [1.29, 1.82) is 0 Å². The maximum atomic E-state index is 9.68. The zero-order valence-corrected chi connectivity index (χ0v) is 9.63. The lowest BCUT2D eigenvalue weighted by Gasteiger charge is -1.93. The van der Waals surface area contributed by atoms with E-state index in [-0.39, 0.29) is 6.29 Å². The molecule has 0 amide bonds. The van der Waals surface area contributed by atoms with E-state index in [0.717, 1.165) is 0 Å². The Morgan fingerprint density at radius 1 is 1.20 bits per heavy atom. The number of hydrogen-bond acceptors (Lipinski definition) is 3. The monoisotopic (exact) mass is 265 g/mol. The van der Waals surface area contributed by atoms with Crippen molar-refractivity contribution < 1.29 is 9.59 Å². The zero-order chi connectivity index (χ0) is 11.7. The van der Waals surface area contributed by atoms with E-state index in [1.54, 1.807) is 12.1 Å². The van der Waals surface area contributed by atoms with Crippen LogP contribution < -0.4 is 0 Å². The van der Waals surface area contributed by atoms with E-state index in [1.807, 2.05) is 18.2 Å². The van der Waals surface area contributed by atoms with Gasteiger partial charge in [0.1, 0.15) is 0 Å². The van der Waals surface area contributed by atoms with Crippen LogP contribution in [0.4, 0.5) is 5.69 Å². The molecule has 0 saturated heterocycles. The molecule has 0 aliphatic heterocycles. The highest BCUT2D eigenvalue weighted by atomic mass is 35.6. The fraction of sp³-hybridized carbons (Fsp3) is 0.111. The van der Waals surface area contributed by atoms with Gasteiger partial charge in [-0.2, -0.15) is 4.99 Å². The summed E-state index contributed by atoms with van der Waals surface area (Å²) in [4.78, 5) is 22.5. The molecule has 0 saturated carbocycles. The van der Waals surface area contributed by atoms with Crippen LogP contribution in [0.25, 0.3) is 0 Å². The lowest BCUT2D eigenvalue weighted by molar-refractivity contribution is -0.107. The van der Waals surface area contributed by atoms with Gasteiger partial charge in [-0.3, -0.25) is 4.79 Å². The van der Waals surface area contributed by atoms with Crippen molar-refractivity contribution in [2.45, 2.75) is 3.79 Å². The maximum Gasteiger partial charge on any atom is 0.245 e. The normalized spacial score (nSPS) is 9.27. The molecule has 15 heavy (non-hydrogen) atoms. The van der Waals surface area contributed by atoms with Crippen molar-refractivity contribution in [3.63, 3.8) is 0 Å². The van der Waals surface area contributed by atoms with Gasteiger partial charge in [0.25, 0.3) is 0 Å². The number of carbonyl (C=O) groups is 1. The van der Waals surface area contributed by atoms with E-state index < -0.39 is 3.79 Å². The van der Waals surface area contributed by atoms with Gasteiger partial charge >= 0.3 is 0 Å². The minimum Gasteiger partial charge on any atom is -0.299 e. The second-order valence-corrected chi connectivity index (χ2v) is 4.57. The first kappa shape index (κ1) is 14.1. The summed E-state index contributed by atoms with van der Waals surface area (Å²) in [5.74, 6) is 0. The topological polar surface area (TPSA) is 46.5 Å².